The fraction of sp³-hybridized carbons (Fsp3) is 0.318. The zero-order valence-electron chi connectivity index (χ0n) is 17.2. The first-order valence-corrected chi connectivity index (χ1v) is 9.71. The van der Waals surface area contributed by atoms with Crippen molar-refractivity contribution in [2.75, 3.05) is 34.4 Å². The summed E-state index contributed by atoms with van der Waals surface area (Å²) in [4.78, 5) is 33.5. The SMILES string of the molecule is COc1cc(OC)cc(C2NC(=O)N(C)C3=C2C(=O)N(CCc2ccccn2)C3)c1. The third kappa shape index (κ3) is 3.56. The number of hydrogen-bond donors (Lipinski definition) is 1. The van der Waals surface area contributed by atoms with Crippen LogP contribution in [-0.2, 0) is 11.2 Å². The molecule has 2 aliphatic heterocycles. The molecule has 0 spiro atoms. The molecule has 0 bridgehead atoms. The van der Waals surface area contributed by atoms with Crippen molar-refractivity contribution >= 4 is 11.9 Å². The van der Waals surface area contributed by atoms with E-state index in [0.717, 1.165) is 17.0 Å². The lowest BCUT2D eigenvalue weighted by Crippen LogP contribution is -2.45. The Morgan fingerprint density at radius 2 is 1.87 bits per heavy atom. The molecule has 8 heteroatoms. The van der Waals surface area contributed by atoms with Gasteiger partial charge in [0.25, 0.3) is 5.91 Å². The number of pyridine rings is 1. The first kappa shape index (κ1) is 19.8. The van der Waals surface area contributed by atoms with Gasteiger partial charge < -0.3 is 19.7 Å². The highest BCUT2D eigenvalue weighted by atomic mass is 16.5. The maximum atomic E-state index is 13.3. The first-order chi connectivity index (χ1) is 14.5. The third-order valence-electron chi connectivity index (χ3n) is 5.51. The number of nitrogens with zero attached hydrogens (tertiary/aromatic N) is 3. The number of methoxy groups -OCH3 is 2. The topological polar surface area (TPSA) is 84.0 Å². The Bertz CT molecular complexity index is 983. The van der Waals surface area contributed by atoms with Crippen LogP contribution in [0, 0.1) is 0 Å². The maximum absolute atomic E-state index is 13.3. The van der Waals surface area contributed by atoms with Crippen LogP contribution >= 0.6 is 0 Å². The van der Waals surface area contributed by atoms with Crippen molar-refractivity contribution in [2.24, 2.45) is 0 Å². The van der Waals surface area contributed by atoms with Crippen molar-refractivity contribution in [1.29, 1.82) is 0 Å². The summed E-state index contributed by atoms with van der Waals surface area (Å²) in [5.41, 5.74) is 2.96. The number of rotatable bonds is 6. The monoisotopic (exact) mass is 408 g/mol. The Morgan fingerprint density at radius 3 is 2.50 bits per heavy atom. The normalized spacial score (nSPS) is 18.4. The number of carbonyl (C=O) groups excluding carboxylic acids is 2. The summed E-state index contributed by atoms with van der Waals surface area (Å²) in [5, 5.41) is 2.94. The second kappa shape index (κ2) is 8.06. The Balaban J connectivity index is 1.64. The Labute approximate surface area is 175 Å². The zero-order chi connectivity index (χ0) is 21.3. The molecular weight excluding hydrogens is 384 g/mol. The smallest absolute Gasteiger partial charge is 0.322 e. The average molecular weight is 408 g/mol. The highest BCUT2D eigenvalue weighted by Gasteiger charge is 2.42. The number of carbonyl (C=O) groups is 2. The molecular formula is C22H24N4O4. The Hall–Kier alpha value is -3.55. The van der Waals surface area contributed by atoms with E-state index in [1.165, 1.54) is 4.90 Å². The molecule has 0 saturated heterocycles. The predicted molar refractivity (Wildman–Crippen MR) is 110 cm³/mol. The number of aromatic nitrogens is 1. The largest absolute Gasteiger partial charge is 0.497 e. The molecule has 0 aliphatic carbocycles. The van der Waals surface area contributed by atoms with Crippen LogP contribution in [0.25, 0.3) is 0 Å². The van der Waals surface area contributed by atoms with Gasteiger partial charge >= 0.3 is 6.03 Å². The van der Waals surface area contributed by atoms with E-state index in [2.05, 4.69) is 10.3 Å². The molecule has 8 nitrogen and oxygen atoms in total. The number of nitrogens with one attached hydrogen (secondary N) is 1. The molecule has 1 atom stereocenters. The molecule has 30 heavy (non-hydrogen) atoms. The maximum Gasteiger partial charge on any atom is 0.322 e. The Kier molecular flexibility index (Phi) is 5.31. The molecule has 1 unspecified atom stereocenters. The van der Waals surface area contributed by atoms with Crippen LogP contribution in [0.1, 0.15) is 17.3 Å². The number of likely N-dealkylation sites (N-methyl/N-ethyl adjacent to an activating group) is 1. The Morgan fingerprint density at radius 1 is 1.13 bits per heavy atom. The molecule has 2 aliphatic rings. The summed E-state index contributed by atoms with van der Waals surface area (Å²) in [5.74, 6) is 1.11. The van der Waals surface area contributed by atoms with Crippen molar-refractivity contribution in [3.63, 3.8) is 0 Å². The van der Waals surface area contributed by atoms with Crippen LogP contribution in [0.3, 0.4) is 0 Å². The van der Waals surface area contributed by atoms with E-state index in [0.29, 0.717) is 36.6 Å². The number of hydrogen-bond acceptors (Lipinski definition) is 5. The van der Waals surface area contributed by atoms with E-state index < -0.39 is 6.04 Å². The molecule has 4 rings (SSSR count). The minimum Gasteiger partial charge on any atom is -0.497 e. The summed E-state index contributed by atoms with van der Waals surface area (Å²) in [6.07, 6.45) is 2.39. The molecule has 1 aromatic heterocycles. The second-order valence-corrected chi connectivity index (χ2v) is 7.25. The van der Waals surface area contributed by atoms with Gasteiger partial charge in [0.05, 0.1) is 38.1 Å². The standard InChI is InChI=1S/C22H24N4O4/c1-25-18-13-26(9-7-15-6-4-5-8-23-15)21(27)19(18)20(24-22(25)28)14-10-16(29-2)12-17(11-14)30-3/h4-6,8,10-12,20H,7,9,13H2,1-3H3,(H,24,28). The summed E-state index contributed by atoms with van der Waals surface area (Å²) in [6.45, 7) is 0.918. The van der Waals surface area contributed by atoms with E-state index in [9.17, 15) is 9.59 Å². The number of ether oxygens (including phenoxy) is 2. The molecule has 1 aromatic carbocycles. The first-order valence-electron chi connectivity index (χ1n) is 9.71. The van der Waals surface area contributed by atoms with Crippen LogP contribution in [0.5, 0.6) is 11.5 Å². The molecule has 0 saturated carbocycles. The van der Waals surface area contributed by atoms with Gasteiger partial charge in [-0.2, -0.15) is 0 Å². The molecule has 0 radical (unpaired) electrons. The van der Waals surface area contributed by atoms with Gasteiger partial charge in [-0.15, -0.1) is 0 Å². The van der Waals surface area contributed by atoms with Gasteiger partial charge in [0, 0.05) is 38.0 Å². The van der Waals surface area contributed by atoms with E-state index >= 15 is 0 Å². The summed E-state index contributed by atoms with van der Waals surface area (Å²) in [6, 6.07) is 10.3. The van der Waals surface area contributed by atoms with Crippen molar-refractivity contribution in [2.45, 2.75) is 12.5 Å². The molecule has 2 aromatic rings. The van der Waals surface area contributed by atoms with Crippen LogP contribution in [0.4, 0.5) is 4.79 Å². The van der Waals surface area contributed by atoms with Crippen LogP contribution < -0.4 is 14.8 Å². The fourth-order valence-electron chi connectivity index (χ4n) is 3.85. The van der Waals surface area contributed by atoms with E-state index in [1.807, 2.05) is 30.3 Å². The lowest BCUT2D eigenvalue weighted by molar-refractivity contribution is -0.125. The third-order valence-corrected chi connectivity index (χ3v) is 5.51. The summed E-state index contributed by atoms with van der Waals surface area (Å²) >= 11 is 0. The second-order valence-electron chi connectivity index (χ2n) is 7.25. The number of benzene rings is 1. The van der Waals surface area contributed by atoms with Crippen molar-refractivity contribution < 1.29 is 19.1 Å². The van der Waals surface area contributed by atoms with Gasteiger partial charge in [-0.05, 0) is 29.8 Å². The summed E-state index contributed by atoms with van der Waals surface area (Å²) in [7, 11) is 4.82. The predicted octanol–water partition coefficient (Wildman–Crippen LogP) is 2.13. The van der Waals surface area contributed by atoms with Gasteiger partial charge in [0.1, 0.15) is 11.5 Å². The highest BCUT2D eigenvalue weighted by Crippen LogP contribution is 2.38. The van der Waals surface area contributed by atoms with Crippen LogP contribution in [-0.4, -0.2) is 61.1 Å². The lowest BCUT2D eigenvalue weighted by Gasteiger charge is -2.31. The quantitative estimate of drug-likeness (QED) is 0.792. The van der Waals surface area contributed by atoms with E-state index in [1.54, 1.807) is 38.4 Å². The minimum atomic E-state index is -0.569. The van der Waals surface area contributed by atoms with Gasteiger partial charge in [-0.1, -0.05) is 6.07 Å². The van der Waals surface area contributed by atoms with Gasteiger partial charge in [-0.25, -0.2) is 4.79 Å². The molecule has 156 valence electrons. The molecule has 0 fully saturated rings. The van der Waals surface area contributed by atoms with Gasteiger partial charge in [0.15, 0.2) is 0 Å². The molecule has 3 amide bonds. The van der Waals surface area contributed by atoms with Crippen molar-refractivity contribution in [1.82, 2.24) is 20.1 Å². The van der Waals surface area contributed by atoms with E-state index in [4.69, 9.17) is 9.47 Å². The highest BCUT2D eigenvalue weighted by molar-refractivity contribution is 6.01. The minimum absolute atomic E-state index is 0.0837. The van der Waals surface area contributed by atoms with Crippen LogP contribution in [0.15, 0.2) is 53.9 Å². The average Bonchev–Trinajstić information content (AvgIpc) is 3.11. The lowest BCUT2D eigenvalue weighted by atomic mass is 9.95. The van der Waals surface area contributed by atoms with Crippen molar-refractivity contribution in [3.8, 4) is 11.5 Å². The van der Waals surface area contributed by atoms with E-state index in [-0.39, 0.29) is 11.9 Å². The molecule has 3 heterocycles. The van der Waals surface area contributed by atoms with Gasteiger partial charge in [-0.3, -0.25) is 14.7 Å². The number of amides is 3. The van der Waals surface area contributed by atoms with Crippen molar-refractivity contribution in [3.05, 3.63) is 65.1 Å². The summed E-state index contributed by atoms with van der Waals surface area (Å²) < 4.78 is 10.7. The molecule has 1 N–H and O–H groups in total. The van der Waals surface area contributed by atoms with Gasteiger partial charge in [0.2, 0.25) is 0 Å². The fourth-order valence-corrected chi connectivity index (χ4v) is 3.85. The number of urea groups is 1. The zero-order valence-corrected chi connectivity index (χ0v) is 17.2. The van der Waals surface area contributed by atoms with Crippen LogP contribution in [0.2, 0.25) is 0 Å².